The van der Waals surface area contributed by atoms with E-state index in [0.29, 0.717) is 6.42 Å². The first-order valence-corrected chi connectivity index (χ1v) is 4.22. The second-order valence-corrected chi connectivity index (χ2v) is 2.80. The van der Waals surface area contributed by atoms with E-state index in [4.69, 9.17) is 10.6 Å². The molecule has 1 aromatic rings. The lowest BCUT2D eigenvalue weighted by molar-refractivity contribution is -0.385. The molecule has 0 heterocycles. The maximum Gasteiger partial charge on any atom is 0.311 e. The molecule has 0 aliphatic rings. The van der Waals surface area contributed by atoms with Gasteiger partial charge in [-0.3, -0.25) is 10.1 Å². The number of hydrogen-bond donors (Lipinski definition) is 1. The largest absolute Gasteiger partial charge is 0.490 e. The number of nitrogens with zero attached hydrogens (tertiary/aromatic N) is 2. The summed E-state index contributed by atoms with van der Waals surface area (Å²) >= 11 is 0. The van der Waals surface area contributed by atoms with Crippen LogP contribution in [0.3, 0.4) is 0 Å². The average Bonchev–Trinajstić information content (AvgIpc) is 2.25. The lowest BCUT2D eigenvalue weighted by atomic mass is 10.1. The molecule has 15 heavy (non-hydrogen) atoms. The van der Waals surface area contributed by atoms with E-state index in [1.807, 2.05) is 0 Å². The summed E-state index contributed by atoms with van der Waals surface area (Å²) in [5, 5.41) is 14.0. The van der Waals surface area contributed by atoms with Crippen molar-refractivity contribution < 1.29 is 9.66 Å². The van der Waals surface area contributed by atoms with Crippen molar-refractivity contribution >= 4 is 11.9 Å². The first-order chi connectivity index (χ1) is 7.19. The molecule has 1 aromatic carbocycles. The first kappa shape index (κ1) is 11.0. The van der Waals surface area contributed by atoms with Crippen molar-refractivity contribution in [1.82, 2.24) is 0 Å². The lowest BCUT2D eigenvalue weighted by Gasteiger charge is -2.02. The molecule has 0 fully saturated rings. The highest BCUT2D eigenvalue weighted by Gasteiger charge is 2.14. The van der Waals surface area contributed by atoms with Gasteiger partial charge in [-0.25, -0.2) is 0 Å². The Hall–Kier alpha value is -2.11. The number of nitro benzene ring substituents is 1. The molecule has 0 spiro atoms. The van der Waals surface area contributed by atoms with Crippen molar-refractivity contribution in [2.75, 3.05) is 7.11 Å². The highest BCUT2D eigenvalue weighted by Crippen LogP contribution is 2.27. The Labute approximate surface area is 86.5 Å². The fraction of sp³-hybridized carbons (Fsp3) is 0.222. The Morgan fingerprint density at radius 3 is 2.93 bits per heavy atom. The molecule has 6 heteroatoms. The van der Waals surface area contributed by atoms with Gasteiger partial charge in [-0.2, -0.15) is 5.10 Å². The Bertz CT molecular complexity index is 390. The smallest absolute Gasteiger partial charge is 0.311 e. The van der Waals surface area contributed by atoms with Crippen molar-refractivity contribution in [1.29, 1.82) is 0 Å². The summed E-state index contributed by atoms with van der Waals surface area (Å²) in [6.45, 7) is 0. The normalized spacial score (nSPS) is 10.5. The summed E-state index contributed by atoms with van der Waals surface area (Å²) in [5.41, 5.74) is 0.706. The quantitative estimate of drug-likeness (QED) is 0.348. The standard InChI is InChI=1S/C9H11N3O3/c1-15-9-3-2-7(4-5-11-10)6-8(9)12(13)14/h2-3,5-6H,4,10H2,1H3/b11-5+. The molecule has 0 atom stereocenters. The molecule has 0 radical (unpaired) electrons. The van der Waals surface area contributed by atoms with Gasteiger partial charge in [0.25, 0.3) is 0 Å². The van der Waals surface area contributed by atoms with Crippen LogP contribution in [0.2, 0.25) is 0 Å². The number of rotatable bonds is 4. The summed E-state index contributed by atoms with van der Waals surface area (Å²) in [6, 6.07) is 4.73. The van der Waals surface area contributed by atoms with Crippen LogP contribution < -0.4 is 10.6 Å². The van der Waals surface area contributed by atoms with Crippen LogP contribution in [0, 0.1) is 10.1 Å². The van der Waals surface area contributed by atoms with Crippen molar-refractivity contribution in [2.24, 2.45) is 10.9 Å². The maximum atomic E-state index is 10.7. The third-order valence-electron chi connectivity index (χ3n) is 1.87. The third-order valence-corrected chi connectivity index (χ3v) is 1.87. The monoisotopic (exact) mass is 209 g/mol. The van der Waals surface area contributed by atoms with E-state index in [2.05, 4.69) is 5.10 Å². The summed E-state index contributed by atoms with van der Waals surface area (Å²) in [5.74, 6) is 5.19. The van der Waals surface area contributed by atoms with Crippen LogP contribution in [0.5, 0.6) is 5.75 Å². The Kier molecular flexibility index (Phi) is 3.61. The van der Waals surface area contributed by atoms with Crippen LogP contribution >= 0.6 is 0 Å². The molecule has 0 bridgehead atoms. The van der Waals surface area contributed by atoms with Crippen molar-refractivity contribution in [3.05, 3.63) is 33.9 Å². The zero-order chi connectivity index (χ0) is 11.3. The second kappa shape index (κ2) is 4.94. The molecule has 0 amide bonds. The molecular weight excluding hydrogens is 198 g/mol. The molecule has 0 unspecified atom stereocenters. The van der Waals surface area contributed by atoms with Gasteiger partial charge in [-0.05, 0) is 11.6 Å². The molecule has 1 rings (SSSR count). The van der Waals surface area contributed by atoms with E-state index < -0.39 is 4.92 Å². The number of benzene rings is 1. The van der Waals surface area contributed by atoms with Crippen LogP contribution in [0.4, 0.5) is 5.69 Å². The number of methoxy groups -OCH3 is 1. The number of nitro groups is 1. The van der Waals surface area contributed by atoms with Crippen molar-refractivity contribution in [3.63, 3.8) is 0 Å². The molecule has 6 nitrogen and oxygen atoms in total. The number of nitrogens with two attached hydrogens (primary N) is 1. The highest BCUT2D eigenvalue weighted by atomic mass is 16.6. The van der Waals surface area contributed by atoms with Gasteiger partial charge in [0.2, 0.25) is 0 Å². The molecule has 0 aromatic heterocycles. The van der Waals surface area contributed by atoms with E-state index in [1.165, 1.54) is 19.4 Å². The Balaban J connectivity index is 3.04. The van der Waals surface area contributed by atoms with E-state index in [-0.39, 0.29) is 11.4 Å². The number of hydrazone groups is 1. The molecular formula is C9H11N3O3. The van der Waals surface area contributed by atoms with Gasteiger partial charge in [0, 0.05) is 18.7 Å². The maximum absolute atomic E-state index is 10.7. The Morgan fingerprint density at radius 1 is 1.67 bits per heavy atom. The predicted molar refractivity (Wildman–Crippen MR) is 56.0 cm³/mol. The minimum Gasteiger partial charge on any atom is -0.490 e. The highest BCUT2D eigenvalue weighted by molar-refractivity contribution is 5.62. The molecule has 2 N–H and O–H groups in total. The van der Waals surface area contributed by atoms with Gasteiger partial charge in [0.1, 0.15) is 0 Å². The van der Waals surface area contributed by atoms with Crippen LogP contribution in [-0.2, 0) is 6.42 Å². The molecule has 0 aliphatic heterocycles. The summed E-state index contributed by atoms with van der Waals surface area (Å²) < 4.78 is 4.87. The van der Waals surface area contributed by atoms with E-state index in [9.17, 15) is 10.1 Å². The minimum atomic E-state index is -0.484. The van der Waals surface area contributed by atoms with E-state index in [1.54, 1.807) is 12.1 Å². The summed E-state index contributed by atoms with van der Waals surface area (Å²) in [6.07, 6.45) is 1.94. The van der Waals surface area contributed by atoms with Gasteiger partial charge in [0.15, 0.2) is 5.75 Å². The number of ether oxygens (including phenoxy) is 1. The van der Waals surface area contributed by atoms with Gasteiger partial charge < -0.3 is 10.6 Å². The summed E-state index contributed by atoms with van der Waals surface area (Å²) in [4.78, 5) is 10.2. The van der Waals surface area contributed by atoms with E-state index in [0.717, 1.165) is 5.56 Å². The zero-order valence-electron chi connectivity index (χ0n) is 8.21. The van der Waals surface area contributed by atoms with Gasteiger partial charge in [0.05, 0.1) is 12.0 Å². The minimum absolute atomic E-state index is 0.0552. The zero-order valence-corrected chi connectivity index (χ0v) is 8.21. The van der Waals surface area contributed by atoms with Crippen LogP contribution in [-0.4, -0.2) is 18.2 Å². The van der Waals surface area contributed by atoms with Crippen molar-refractivity contribution in [2.45, 2.75) is 6.42 Å². The summed E-state index contributed by atoms with van der Waals surface area (Å²) in [7, 11) is 1.39. The van der Waals surface area contributed by atoms with Gasteiger partial charge >= 0.3 is 5.69 Å². The number of hydrogen-bond acceptors (Lipinski definition) is 5. The third kappa shape index (κ3) is 2.67. The second-order valence-electron chi connectivity index (χ2n) is 2.80. The molecule has 0 aliphatic carbocycles. The van der Waals surface area contributed by atoms with Crippen LogP contribution in [0.25, 0.3) is 0 Å². The van der Waals surface area contributed by atoms with Crippen LogP contribution in [0.1, 0.15) is 5.56 Å². The molecule has 0 saturated heterocycles. The van der Waals surface area contributed by atoms with Crippen molar-refractivity contribution in [3.8, 4) is 5.75 Å². The topological polar surface area (TPSA) is 90.8 Å². The average molecular weight is 209 g/mol. The Morgan fingerprint density at radius 2 is 2.40 bits per heavy atom. The fourth-order valence-electron chi connectivity index (χ4n) is 1.16. The predicted octanol–water partition coefficient (Wildman–Crippen LogP) is 1.09. The van der Waals surface area contributed by atoms with Crippen LogP contribution in [0.15, 0.2) is 23.3 Å². The molecule has 0 saturated carbocycles. The SMILES string of the molecule is COc1ccc(C/C=N/N)cc1[N+](=O)[O-]. The first-order valence-electron chi connectivity index (χ1n) is 4.22. The fourth-order valence-corrected chi connectivity index (χ4v) is 1.16. The lowest BCUT2D eigenvalue weighted by Crippen LogP contribution is -1.96. The molecule has 80 valence electrons. The van der Waals surface area contributed by atoms with E-state index >= 15 is 0 Å². The van der Waals surface area contributed by atoms with Gasteiger partial charge in [-0.1, -0.05) is 6.07 Å². The van der Waals surface area contributed by atoms with Gasteiger partial charge in [-0.15, -0.1) is 0 Å².